The van der Waals surface area contributed by atoms with Gasteiger partial charge in [0.2, 0.25) is 0 Å². The third-order valence-electron chi connectivity index (χ3n) is 4.25. The molecule has 2 heterocycles. The summed E-state index contributed by atoms with van der Waals surface area (Å²) in [6.45, 7) is 8.36. The maximum Gasteiger partial charge on any atom is 0.139 e. The molecule has 1 saturated carbocycles. The number of piperazine rings is 1. The number of hydrogen-bond donors (Lipinski definition) is 1. The molecule has 2 fully saturated rings. The SMILES string of the molecule is Cc1cc(C)c(C(N)=S)c(N2CCN(C3CC3)CC2)n1. The van der Waals surface area contributed by atoms with E-state index in [0.717, 1.165) is 54.9 Å². The average Bonchev–Trinajstić information content (AvgIpc) is 3.21. The van der Waals surface area contributed by atoms with Crippen molar-refractivity contribution in [3.8, 4) is 0 Å². The van der Waals surface area contributed by atoms with E-state index in [2.05, 4.69) is 22.8 Å². The maximum atomic E-state index is 5.91. The molecule has 0 unspecified atom stereocenters. The molecule has 2 N–H and O–H groups in total. The molecule has 1 aliphatic heterocycles. The highest BCUT2D eigenvalue weighted by Gasteiger charge is 2.32. The monoisotopic (exact) mass is 290 g/mol. The minimum Gasteiger partial charge on any atom is -0.389 e. The fraction of sp³-hybridized carbons (Fsp3) is 0.600. The Labute approximate surface area is 126 Å². The topological polar surface area (TPSA) is 45.4 Å². The molecule has 1 aromatic rings. The Morgan fingerprint density at radius 1 is 1.25 bits per heavy atom. The first kappa shape index (κ1) is 13.8. The van der Waals surface area contributed by atoms with Gasteiger partial charge in [0.15, 0.2) is 0 Å². The first-order valence-electron chi connectivity index (χ1n) is 7.33. The van der Waals surface area contributed by atoms with E-state index in [1.54, 1.807) is 0 Å². The molecule has 0 radical (unpaired) electrons. The van der Waals surface area contributed by atoms with E-state index in [4.69, 9.17) is 22.9 Å². The number of thiocarbonyl (C=S) groups is 1. The molecule has 3 rings (SSSR count). The van der Waals surface area contributed by atoms with Gasteiger partial charge < -0.3 is 10.6 Å². The summed E-state index contributed by atoms with van der Waals surface area (Å²) in [7, 11) is 0. The zero-order valence-electron chi connectivity index (χ0n) is 12.2. The number of nitrogens with two attached hydrogens (primary N) is 1. The first-order valence-corrected chi connectivity index (χ1v) is 7.74. The molecule has 20 heavy (non-hydrogen) atoms. The number of pyridine rings is 1. The zero-order valence-corrected chi connectivity index (χ0v) is 13.0. The highest BCUT2D eigenvalue weighted by molar-refractivity contribution is 7.80. The number of aryl methyl sites for hydroxylation is 2. The predicted molar refractivity (Wildman–Crippen MR) is 86.4 cm³/mol. The normalized spacial score (nSPS) is 20.2. The Hall–Kier alpha value is -1.20. The first-order chi connectivity index (χ1) is 9.56. The molecular formula is C15H22N4S. The van der Waals surface area contributed by atoms with Gasteiger partial charge in [-0.15, -0.1) is 0 Å². The van der Waals surface area contributed by atoms with Gasteiger partial charge in [-0.2, -0.15) is 0 Å². The minimum atomic E-state index is 0.453. The minimum absolute atomic E-state index is 0.453. The van der Waals surface area contributed by atoms with E-state index in [9.17, 15) is 0 Å². The average molecular weight is 290 g/mol. The lowest BCUT2D eigenvalue weighted by atomic mass is 10.1. The van der Waals surface area contributed by atoms with Crippen molar-refractivity contribution < 1.29 is 0 Å². The summed E-state index contributed by atoms with van der Waals surface area (Å²) in [4.78, 5) is 10.1. The number of nitrogens with zero attached hydrogens (tertiary/aromatic N) is 3. The predicted octanol–water partition coefficient (Wildman–Crippen LogP) is 1.62. The van der Waals surface area contributed by atoms with Crippen molar-refractivity contribution in [2.75, 3.05) is 31.1 Å². The molecule has 5 heteroatoms. The molecule has 1 aliphatic carbocycles. The van der Waals surface area contributed by atoms with Crippen LogP contribution in [0, 0.1) is 13.8 Å². The Bertz CT molecular complexity index is 531. The lowest BCUT2D eigenvalue weighted by molar-refractivity contribution is 0.247. The Kier molecular flexibility index (Phi) is 3.65. The van der Waals surface area contributed by atoms with Crippen molar-refractivity contribution in [2.45, 2.75) is 32.7 Å². The molecule has 2 aliphatic rings. The van der Waals surface area contributed by atoms with E-state index in [1.807, 2.05) is 6.92 Å². The highest BCUT2D eigenvalue weighted by Crippen LogP contribution is 2.29. The Morgan fingerprint density at radius 2 is 1.90 bits per heavy atom. The van der Waals surface area contributed by atoms with Crippen LogP contribution in [-0.2, 0) is 0 Å². The van der Waals surface area contributed by atoms with E-state index in [1.165, 1.54) is 12.8 Å². The van der Waals surface area contributed by atoms with Gasteiger partial charge in [0.25, 0.3) is 0 Å². The van der Waals surface area contributed by atoms with Gasteiger partial charge in [0.05, 0.1) is 5.56 Å². The number of rotatable bonds is 3. The molecule has 1 saturated heterocycles. The largest absolute Gasteiger partial charge is 0.389 e. The smallest absolute Gasteiger partial charge is 0.139 e. The van der Waals surface area contributed by atoms with Gasteiger partial charge in [0, 0.05) is 37.9 Å². The van der Waals surface area contributed by atoms with Crippen molar-refractivity contribution in [2.24, 2.45) is 5.73 Å². The van der Waals surface area contributed by atoms with Crippen molar-refractivity contribution in [1.82, 2.24) is 9.88 Å². The lowest BCUT2D eigenvalue weighted by Crippen LogP contribution is -2.48. The summed E-state index contributed by atoms with van der Waals surface area (Å²) >= 11 is 5.23. The van der Waals surface area contributed by atoms with E-state index in [0.29, 0.717) is 4.99 Å². The summed E-state index contributed by atoms with van der Waals surface area (Å²) in [5.41, 5.74) is 9.02. The molecule has 0 bridgehead atoms. The van der Waals surface area contributed by atoms with Crippen LogP contribution < -0.4 is 10.6 Å². The summed E-state index contributed by atoms with van der Waals surface area (Å²) in [6.07, 6.45) is 2.75. The fourth-order valence-corrected chi connectivity index (χ4v) is 3.34. The van der Waals surface area contributed by atoms with Crippen LogP contribution in [0.15, 0.2) is 6.07 Å². The fourth-order valence-electron chi connectivity index (χ4n) is 3.09. The van der Waals surface area contributed by atoms with Gasteiger partial charge in [-0.3, -0.25) is 4.90 Å². The van der Waals surface area contributed by atoms with Crippen LogP contribution in [0.4, 0.5) is 5.82 Å². The molecule has 0 amide bonds. The number of anilines is 1. The van der Waals surface area contributed by atoms with Crippen LogP contribution in [0.1, 0.15) is 29.7 Å². The van der Waals surface area contributed by atoms with Crippen LogP contribution in [0.25, 0.3) is 0 Å². The van der Waals surface area contributed by atoms with E-state index < -0.39 is 0 Å². The van der Waals surface area contributed by atoms with Gasteiger partial charge >= 0.3 is 0 Å². The van der Waals surface area contributed by atoms with Crippen molar-refractivity contribution in [3.63, 3.8) is 0 Å². The molecule has 1 aromatic heterocycles. The Morgan fingerprint density at radius 3 is 2.45 bits per heavy atom. The second-order valence-corrected chi connectivity index (χ2v) is 6.34. The summed E-state index contributed by atoms with van der Waals surface area (Å²) in [6, 6.07) is 2.90. The second kappa shape index (κ2) is 5.30. The summed E-state index contributed by atoms with van der Waals surface area (Å²) in [5.74, 6) is 0.977. The maximum absolute atomic E-state index is 5.91. The lowest BCUT2D eigenvalue weighted by Gasteiger charge is -2.36. The molecule has 108 valence electrons. The van der Waals surface area contributed by atoms with Crippen LogP contribution in [0.3, 0.4) is 0 Å². The molecule has 0 aromatic carbocycles. The van der Waals surface area contributed by atoms with Crippen LogP contribution in [-0.4, -0.2) is 47.1 Å². The second-order valence-electron chi connectivity index (χ2n) is 5.90. The quantitative estimate of drug-likeness (QED) is 0.857. The van der Waals surface area contributed by atoms with Gasteiger partial charge in [-0.25, -0.2) is 4.98 Å². The van der Waals surface area contributed by atoms with Crippen molar-refractivity contribution in [1.29, 1.82) is 0 Å². The van der Waals surface area contributed by atoms with E-state index in [-0.39, 0.29) is 0 Å². The molecule has 4 nitrogen and oxygen atoms in total. The van der Waals surface area contributed by atoms with E-state index >= 15 is 0 Å². The van der Waals surface area contributed by atoms with Crippen LogP contribution >= 0.6 is 12.2 Å². The molecule has 0 atom stereocenters. The highest BCUT2D eigenvalue weighted by atomic mass is 32.1. The standard InChI is InChI=1S/C15H22N4S/c1-10-9-11(2)17-15(13(10)14(16)20)19-7-5-18(6-8-19)12-3-4-12/h9,12H,3-8H2,1-2H3,(H2,16,20). The van der Waals surface area contributed by atoms with Crippen LogP contribution in [0.2, 0.25) is 0 Å². The molecular weight excluding hydrogens is 268 g/mol. The Balaban J connectivity index is 1.84. The third kappa shape index (κ3) is 2.65. The number of aromatic nitrogens is 1. The van der Waals surface area contributed by atoms with Gasteiger partial charge in [-0.05, 0) is 38.3 Å². The van der Waals surface area contributed by atoms with Crippen LogP contribution in [0.5, 0.6) is 0 Å². The van der Waals surface area contributed by atoms with Crippen molar-refractivity contribution in [3.05, 3.63) is 22.9 Å². The number of hydrogen-bond acceptors (Lipinski definition) is 4. The summed E-state index contributed by atoms with van der Waals surface area (Å²) in [5, 5.41) is 0. The van der Waals surface area contributed by atoms with Crippen molar-refractivity contribution >= 4 is 23.0 Å². The van der Waals surface area contributed by atoms with Gasteiger partial charge in [-0.1, -0.05) is 12.2 Å². The zero-order chi connectivity index (χ0) is 14.3. The summed E-state index contributed by atoms with van der Waals surface area (Å²) < 4.78 is 0. The third-order valence-corrected chi connectivity index (χ3v) is 4.45. The van der Waals surface area contributed by atoms with Gasteiger partial charge in [0.1, 0.15) is 10.8 Å². The molecule has 0 spiro atoms.